The van der Waals surface area contributed by atoms with Crippen LogP contribution in [0, 0.1) is 23.7 Å². The predicted molar refractivity (Wildman–Crippen MR) is 508 cm³/mol. The highest BCUT2D eigenvalue weighted by Gasteiger charge is 2.52. The number of alkyl halides is 4. The van der Waals surface area contributed by atoms with Gasteiger partial charge in [-0.1, -0.05) is 183 Å². The van der Waals surface area contributed by atoms with Gasteiger partial charge in [0.1, 0.15) is 22.5 Å². The van der Waals surface area contributed by atoms with E-state index in [2.05, 4.69) is 41.1 Å². The Kier molecular flexibility index (Phi) is 33.9. The summed E-state index contributed by atoms with van der Waals surface area (Å²) in [5.41, 5.74) is 8.22. The molecule has 7 unspecified atom stereocenters. The van der Waals surface area contributed by atoms with Crippen molar-refractivity contribution >= 4 is 143 Å². The average molecular weight is 1870 g/mol. The van der Waals surface area contributed by atoms with Gasteiger partial charge in [-0.15, -0.1) is 23.2 Å². The van der Waals surface area contributed by atoms with Crippen LogP contribution in [0.15, 0.2) is 254 Å². The fraction of sp³-hybridized carbons (Fsp3) is 0.275. The largest absolute Gasteiger partial charge is 0.508 e. The molecule has 24 nitrogen and oxygen atoms in total. The first-order valence-corrected chi connectivity index (χ1v) is 45.7. The van der Waals surface area contributed by atoms with Crippen LogP contribution >= 0.6 is 46.4 Å². The summed E-state index contributed by atoms with van der Waals surface area (Å²) in [4.78, 5) is 125. The number of anilines is 3. The van der Waals surface area contributed by atoms with Gasteiger partial charge in [-0.25, -0.2) is 18.0 Å². The molecule has 29 heteroatoms. The van der Waals surface area contributed by atoms with Gasteiger partial charge in [-0.3, -0.25) is 38.4 Å². The molecule has 7 atom stereocenters. The van der Waals surface area contributed by atoms with Gasteiger partial charge in [0.15, 0.2) is 55.1 Å². The van der Waals surface area contributed by atoms with Gasteiger partial charge < -0.3 is 60.0 Å². The average Bonchev–Trinajstić information content (AvgIpc) is 1.61. The number of carboxylic acid groups (broad SMARTS) is 1. The topological polar surface area (TPSA) is 345 Å². The number of ketones is 5. The molecule has 0 aromatic heterocycles. The summed E-state index contributed by atoms with van der Waals surface area (Å²) in [5.74, 6) is -3.71. The number of phenolic OH excluding ortho intramolecular Hbond substituents is 2. The number of carbonyl (C=O) groups excluding carboxylic acids is 9. The monoisotopic (exact) mass is 1870 g/mol. The predicted octanol–water partition coefficient (Wildman–Crippen LogP) is 19.2. The number of halogens is 4. The Morgan fingerprint density at radius 1 is 0.618 bits per heavy atom. The Labute approximate surface area is 780 Å². The fourth-order valence-electron chi connectivity index (χ4n) is 16.1. The van der Waals surface area contributed by atoms with Crippen LogP contribution in [0.1, 0.15) is 156 Å². The van der Waals surface area contributed by atoms with E-state index in [1.54, 1.807) is 146 Å². The molecule has 6 N–H and O–H groups in total. The van der Waals surface area contributed by atoms with Crippen LogP contribution in [-0.4, -0.2) is 167 Å². The molecular weight excluding hydrogens is 1770 g/mol. The van der Waals surface area contributed by atoms with Gasteiger partial charge in [-0.05, 0) is 205 Å². The van der Waals surface area contributed by atoms with E-state index in [1.165, 1.54) is 50.3 Å². The zero-order valence-electron chi connectivity index (χ0n) is 73.1. The number of allylic oxidation sites excluding steroid dienone is 2. The Morgan fingerprint density at radius 2 is 1.20 bits per heavy atom. The highest BCUT2D eigenvalue weighted by molar-refractivity contribution is 7.94. The minimum absolute atomic E-state index is 0.0419. The lowest BCUT2D eigenvalue weighted by atomic mass is 9.82. The van der Waals surface area contributed by atoms with Crippen LogP contribution in [0.3, 0.4) is 0 Å². The number of Topliss-reactive ketones (excluding diaryl/α,β-unsaturated/α-hetero) is 2. The first-order chi connectivity index (χ1) is 62.5. The molecule has 5 aliphatic carbocycles. The molecule has 18 rings (SSSR count). The van der Waals surface area contributed by atoms with Crippen molar-refractivity contribution < 1.29 is 90.6 Å². The molecule has 682 valence electrons. The van der Waals surface area contributed by atoms with Crippen molar-refractivity contribution in [2.75, 3.05) is 62.9 Å². The van der Waals surface area contributed by atoms with Crippen molar-refractivity contribution in [1.82, 2.24) is 9.80 Å². The number of esters is 2. The van der Waals surface area contributed by atoms with Crippen molar-refractivity contribution in [3.05, 3.63) is 310 Å². The molecule has 3 aliphatic heterocycles. The lowest BCUT2D eigenvalue weighted by molar-refractivity contribution is -0.146. The number of sulfone groups is 1. The van der Waals surface area contributed by atoms with Gasteiger partial charge >= 0.3 is 17.9 Å². The minimum Gasteiger partial charge on any atom is -0.508 e. The maximum atomic E-state index is 12.7. The minimum atomic E-state index is -3.33. The van der Waals surface area contributed by atoms with E-state index >= 15 is 0 Å². The van der Waals surface area contributed by atoms with E-state index in [9.17, 15) is 71.7 Å². The highest BCUT2D eigenvalue weighted by Crippen LogP contribution is 2.49. The van der Waals surface area contributed by atoms with Gasteiger partial charge in [0.2, 0.25) is 18.6 Å². The number of benzene rings is 10. The number of ether oxygens (including phenoxy) is 4. The second kappa shape index (κ2) is 44.8. The Hall–Kier alpha value is -12.6. The molecule has 131 heavy (non-hydrogen) atoms. The number of aliphatic carboxylic acids is 1. The molecule has 4 bridgehead atoms. The van der Waals surface area contributed by atoms with Crippen molar-refractivity contribution in [2.45, 2.75) is 112 Å². The smallest absolute Gasteiger partial charge is 0.340 e. The van der Waals surface area contributed by atoms with Gasteiger partial charge in [-0.2, -0.15) is 0 Å². The van der Waals surface area contributed by atoms with Gasteiger partial charge in [0, 0.05) is 93.1 Å². The summed E-state index contributed by atoms with van der Waals surface area (Å²) in [6, 6.07) is 61.9. The third kappa shape index (κ3) is 24.9. The van der Waals surface area contributed by atoms with Crippen molar-refractivity contribution in [3.63, 3.8) is 0 Å². The summed E-state index contributed by atoms with van der Waals surface area (Å²) in [5, 5.41) is 39.0. The zero-order valence-corrected chi connectivity index (χ0v) is 77.0. The Bertz CT molecular complexity index is 6130. The molecule has 0 spiro atoms. The molecule has 4 fully saturated rings. The van der Waals surface area contributed by atoms with E-state index in [0.29, 0.717) is 86.8 Å². The van der Waals surface area contributed by atoms with Crippen molar-refractivity contribution in [1.29, 1.82) is 0 Å². The standard InChI is InChI=1S/C18H19NO5.C18H21NO4.C17H11Cl2NO3.C16H10Cl2O2.C13H15NO3.C12H10O2S.C8H15N/c1-2-24-18(23)12-5-3-4-6-13(12)19-16(20)14-10-7-8-11(9-10)15(14)17(21)22;1-18(2,3)23-17(22)12-4-6-14(7-5-12)19-11-13-10-15(20)8-9-16(13)21;18-8-12(19)17(23)20-13-7-3-6-11-14(13)16(22)10-5-2-1-4-9(10)15(11)21;17-16(18)13(19)8-9-4-3-7-11-10-5-1-2-6-12(10)15(20)14(9)11;1-9(7-14(2)3)13(15)10-4-5-11-12(6-10)17-8-16-11;1-2-15(13,14)12-8-7-10-5-3-4-6-11(10)9-12;1-9-7-4-2-3-5-8(9)6-7/h3-8,10-11,14-15H,2,9H2,1H3,(H,19,20)(H,21,22);4-10,19-21H,11H2,1-3H3;1-7,12H,8H2,(H,20,23);1-7,16H,8H2;4-6H,1,7-8H2,2-3H3;2-9H,1H2;7-8H,2-6H2,1H3. The molecule has 10 aromatic rings. The summed E-state index contributed by atoms with van der Waals surface area (Å²) >= 11 is 22.5. The molecule has 8 aliphatic rings. The summed E-state index contributed by atoms with van der Waals surface area (Å²) < 4.78 is 43.8. The number of nitrogens with one attached hydrogen (secondary N) is 3. The lowest BCUT2D eigenvalue weighted by Crippen LogP contribution is -2.51. The summed E-state index contributed by atoms with van der Waals surface area (Å²) in [6.07, 6.45) is 12.0. The van der Waals surface area contributed by atoms with E-state index in [-0.39, 0.29) is 117 Å². The second-order valence-electron chi connectivity index (χ2n) is 33.0. The number of phenols is 2. The number of aromatic hydroxyl groups is 2. The quantitative estimate of drug-likeness (QED) is 0.00972. The van der Waals surface area contributed by atoms with Crippen molar-refractivity contribution in [2.24, 2.45) is 23.7 Å². The molecule has 3 heterocycles. The zero-order chi connectivity index (χ0) is 94.7. The van der Waals surface area contributed by atoms with E-state index in [4.69, 9.17) is 65.4 Å². The molecule has 10 aromatic carbocycles. The number of carbonyl (C=O) groups is 10. The maximum absolute atomic E-state index is 12.7. The van der Waals surface area contributed by atoms with Crippen molar-refractivity contribution in [3.8, 4) is 34.1 Å². The number of amides is 2. The Balaban J connectivity index is 0.000000150. The number of hydrogen-bond donors (Lipinski definition) is 6. The Morgan fingerprint density at radius 3 is 1.83 bits per heavy atom. The first kappa shape index (κ1) is 99.0. The number of rotatable bonds is 21. The number of likely N-dealkylation sites (N-methyl/N-ethyl adjacent to an activating group) is 1. The van der Waals surface area contributed by atoms with E-state index in [1.807, 2.05) is 107 Å². The van der Waals surface area contributed by atoms with Crippen LogP contribution in [0.4, 0.5) is 17.1 Å². The van der Waals surface area contributed by atoms with Crippen LogP contribution in [0.25, 0.3) is 21.9 Å². The number of nitrogens with zero attached hydrogens (tertiary/aromatic N) is 2. The van der Waals surface area contributed by atoms with Gasteiger partial charge in [0.05, 0.1) is 51.4 Å². The van der Waals surface area contributed by atoms with Crippen LogP contribution in [-0.2, 0) is 51.5 Å². The van der Waals surface area contributed by atoms with Gasteiger partial charge in [0.25, 0.3) is 0 Å². The van der Waals surface area contributed by atoms with E-state index < -0.39 is 55.3 Å². The highest BCUT2D eigenvalue weighted by atomic mass is 35.5. The second-order valence-corrected chi connectivity index (χ2v) is 36.8. The number of carboxylic acids is 1. The molecule has 2 amide bonds. The number of hydrogen-bond acceptors (Lipinski definition) is 21. The molecule has 2 saturated carbocycles. The summed E-state index contributed by atoms with van der Waals surface area (Å²) in [7, 11) is 2.76. The SMILES string of the molecule is C=C(CN(C)C)C(=O)c1ccc2c(c1)OCO2.C=CS(=O)(=O)c1ccc2ccccc2c1.CC(C)(C)OC(=O)c1ccc(NCc2cc(O)ccc2O)cc1.CCOC(=O)c1ccccc1NC(=O)C1C2C=CC(C2)C1C(=O)O.CN1C2CCCCC1C2.O=C1c2ccccc2-c2cccc(CC(=O)C(Cl)Cl)c21.O=C1c2ccccc2C(=O)c2c(NC(=O)C(Cl)CCl)cccc21. The normalized spacial score (nSPS) is 17.2. The summed E-state index contributed by atoms with van der Waals surface area (Å²) in [6.45, 7) is 15.6. The first-order valence-electron chi connectivity index (χ1n) is 42.3. The molecule has 0 radical (unpaired) electrons. The number of fused-ring (bicyclic) bond motifs is 12. The fourth-order valence-corrected chi connectivity index (χ4v) is 17.2. The maximum Gasteiger partial charge on any atom is 0.340 e. The van der Waals surface area contributed by atoms with Crippen LogP contribution in [0.5, 0.6) is 23.0 Å². The third-order valence-electron chi connectivity index (χ3n) is 22.6. The third-order valence-corrected chi connectivity index (χ3v) is 25.3. The lowest BCUT2D eigenvalue weighted by Gasteiger charge is -2.44. The van der Waals surface area contributed by atoms with E-state index in [0.717, 1.165) is 45.1 Å². The van der Waals surface area contributed by atoms with Crippen LogP contribution < -0.4 is 25.4 Å². The molecule has 2 saturated heterocycles. The van der Waals surface area contributed by atoms with Crippen LogP contribution in [0.2, 0.25) is 0 Å². The number of para-hydroxylation sites is 1. The molecular formula is C102H101Cl4N5O19S.